The molecule has 3 heterocycles. The molecule has 7 aromatic carbocycles. The molecule has 246 valence electrons. The zero-order chi connectivity index (χ0) is 34.8. The van der Waals surface area contributed by atoms with Crippen LogP contribution < -0.4 is 0 Å². The molecule has 1 aliphatic heterocycles. The number of sulfone groups is 1. The van der Waals surface area contributed by atoms with Crippen LogP contribution in [-0.2, 0) is 9.84 Å². The Balaban J connectivity index is 1.20. The molecule has 0 atom stereocenters. The van der Waals surface area contributed by atoms with E-state index in [1.54, 1.807) is 18.2 Å². The summed E-state index contributed by atoms with van der Waals surface area (Å²) in [6, 6.07) is 55.8. The molecular formula is C46H28N2O3S. The number of benzene rings is 7. The van der Waals surface area contributed by atoms with Crippen molar-refractivity contribution < 1.29 is 12.8 Å². The summed E-state index contributed by atoms with van der Waals surface area (Å²) in [5, 5.41) is 1.71. The summed E-state index contributed by atoms with van der Waals surface area (Å²) in [6.45, 7) is 0. The van der Waals surface area contributed by atoms with E-state index in [1.807, 2.05) is 91.0 Å². The molecule has 9 aromatic rings. The van der Waals surface area contributed by atoms with Gasteiger partial charge in [-0.2, -0.15) is 4.98 Å². The van der Waals surface area contributed by atoms with E-state index in [1.165, 1.54) is 0 Å². The number of nitrogens with zero attached hydrogens (tertiary/aromatic N) is 2. The van der Waals surface area contributed by atoms with E-state index in [-0.39, 0.29) is 9.79 Å². The molecule has 0 fully saturated rings. The van der Waals surface area contributed by atoms with Crippen molar-refractivity contribution in [3.63, 3.8) is 0 Å². The predicted molar refractivity (Wildman–Crippen MR) is 207 cm³/mol. The van der Waals surface area contributed by atoms with E-state index in [0.29, 0.717) is 39.5 Å². The molecule has 1 aliphatic rings. The van der Waals surface area contributed by atoms with Crippen LogP contribution in [0.5, 0.6) is 0 Å². The Morgan fingerprint density at radius 1 is 0.442 bits per heavy atom. The zero-order valence-corrected chi connectivity index (χ0v) is 28.5. The van der Waals surface area contributed by atoms with Crippen LogP contribution in [0.25, 0.3) is 89.2 Å². The van der Waals surface area contributed by atoms with Crippen molar-refractivity contribution in [1.82, 2.24) is 9.97 Å². The third-order valence-electron chi connectivity index (χ3n) is 9.91. The molecule has 0 aliphatic carbocycles. The monoisotopic (exact) mass is 688 g/mol. The van der Waals surface area contributed by atoms with Crippen LogP contribution in [0.1, 0.15) is 0 Å². The Morgan fingerprint density at radius 3 is 1.67 bits per heavy atom. The minimum Gasteiger partial charge on any atom is -0.438 e. The predicted octanol–water partition coefficient (Wildman–Crippen LogP) is 11.5. The van der Waals surface area contributed by atoms with Crippen LogP contribution >= 0.6 is 0 Å². The molecule has 5 nitrogen and oxygen atoms in total. The van der Waals surface area contributed by atoms with Crippen molar-refractivity contribution in [2.45, 2.75) is 9.79 Å². The van der Waals surface area contributed by atoms with Crippen molar-refractivity contribution in [3.05, 3.63) is 170 Å². The van der Waals surface area contributed by atoms with Gasteiger partial charge in [0.1, 0.15) is 5.58 Å². The molecule has 2 aromatic heterocycles. The Labute approximate surface area is 300 Å². The zero-order valence-electron chi connectivity index (χ0n) is 27.7. The van der Waals surface area contributed by atoms with Crippen molar-refractivity contribution in [2.24, 2.45) is 0 Å². The van der Waals surface area contributed by atoms with E-state index in [0.717, 1.165) is 49.7 Å². The van der Waals surface area contributed by atoms with Gasteiger partial charge >= 0.3 is 0 Å². The van der Waals surface area contributed by atoms with Gasteiger partial charge in [-0.15, -0.1) is 0 Å². The normalized spacial score (nSPS) is 12.9. The van der Waals surface area contributed by atoms with Gasteiger partial charge in [-0.3, -0.25) is 0 Å². The van der Waals surface area contributed by atoms with Crippen molar-refractivity contribution in [2.75, 3.05) is 0 Å². The molecule has 0 N–H and O–H groups in total. The van der Waals surface area contributed by atoms with Gasteiger partial charge in [-0.25, -0.2) is 13.4 Å². The molecule has 0 bridgehead atoms. The average Bonchev–Trinajstić information content (AvgIpc) is 3.69. The largest absolute Gasteiger partial charge is 0.438 e. The van der Waals surface area contributed by atoms with Gasteiger partial charge in [0.2, 0.25) is 15.6 Å². The van der Waals surface area contributed by atoms with Crippen LogP contribution in [0.3, 0.4) is 0 Å². The Kier molecular flexibility index (Phi) is 6.81. The fourth-order valence-electron chi connectivity index (χ4n) is 7.37. The summed E-state index contributed by atoms with van der Waals surface area (Å²) in [6.07, 6.45) is 0. The molecule has 6 heteroatoms. The maximum absolute atomic E-state index is 14.1. The third kappa shape index (κ3) is 4.80. The molecule has 0 spiro atoms. The van der Waals surface area contributed by atoms with Gasteiger partial charge in [0.25, 0.3) is 0 Å². The Bertz CT molecular complexity index is 2940. The SMILES string of the molecule is O=S1(=O)c2cc(-c3ccccc3)ccc2-c2c(-c3nc(-c4ccc(-c5ccccc5)cc4)c4c(n3)oc3ccc(-c5ccccc5)cc34)cccc21. The summed E-state index contributed by atoms with van der Waals surface area (Å²) in [5.74, 6) is 0.393. The summed E-state index contributed by atoms with van der Waals surface area (Å²) < 4.78 is 34.7. The standard InChI is InChI=1S/C46H28N2O3S/c49-52(50)40-18-10-17-37(42(40)36-25-23-35(28-41(36)52)31-15-8-3-9-16-31)45-47-44(33-21-19-32(20-22-33)29-11-4-1-5-12-29)43-38-27-34(30-13-6-2-7-14-30)24-26-39(38)51-46(43)48-45/h1-28H. The molecular weight excluding hydrogens is 661 g/mol. The van der Waals surface area contributed by atoms with Crippen LogP contribution in [0.15, 0.2) is 184 Å². The lowest BCUT2D eigenvalue weighted by Crippen LogP contribution is -1.98. The van der Waals surface area contributed by atoms with Gasteiger partial charge in [0.05, 0.1) is 20.9 Å². The maximum atomic E-state index is 14.1. The first-order chi connectivity index (χ1) is 25.5. The second kappa shape index (κ2) is 11.7. The highest BCUT2D eigenvalue weighted by Crippen LogP contribution is 2.49. The van der Waals surface area contributed by atoms with Crippen molar-refractivity contribution >= 4 is 31.9 Å². The van der Waals surface area contributed by atoms with Crippen molar-refractivity contribution in [3.8, 4) is 67.2 Å². The van der Waals surface area contributed by atoms with Gasteiger partial charge < -0.3 is 4.42 Å². The number of hydrogen-bond donors (Lipinski definition) is 0. The first kappa shape index (κ1) is 30.2. The molecule has 0 saturated carbocycles. The lowest BCUT2D eigenvalue weighted by molar-refractivity contribution is 0.598. The Hall–Kier alpha value is -6.63. The fraction of sp³-hybridized carbons (Fsp3) is 0. The lowest BCUT2D eigenvalue weighted by atomic mass is 9.96. The maximum Gasteiger partial charge on any atom is 0.231 e. The van der Waals surface area contributed by atoms with Crippen LogP contribution in [0, 0.1) is 0 Å². The van der Waals surface area contributed by atoms with Gasteiger partial charge in [0, 0.05) is 27.6 Å². The average molecular weight is 689 g/mol. The second-order valence-electron chi connectivity index (χ2n) is 13.0. The molecule has 0 amide bonds. The van der Waals surface area contributed by atoms with E-state index >= 15 is 0 Å². The quantitative estimate of drug-likeness (QED) is 0.180. The smallest absolute Gasteiger partial charge is 0.231 e. The first-order valence-corrected chi connectivity index (χ1v) is 18.6. The number of furan rings is 1. The van der Waals surface area contributed by atoms with Crippen molar-refractivity contribution in [1.29, 1.82) is 0 Å². The molecule has 10 rings (SSSR count). The molecule has 0 saturated heterocycles. The fourth-order valence-corrected chi connectivity index (χ4v) is 9.09. The highest BCUT2D eigenvalue weighted by molar-refractivity contribution is 7.92. The van der Waals surface area contributed by atoms with E-state index in [2.05, 4.69) is 60.7 Å². The Morgan fingerprint density at radius 2 is 1.00 bits per heavy atom. The highest BCUT2D eigenvalue weighted by atomic mass is 32.2. The van der Waals surface area contributed by atoms with E-state index in [9.17, 15) is 8.42 Å². The van der Waals surface area contributed by atoms with Crippen LogP contribution in [0.2, 0.25) is 0 Å². The number of aromatic nitrogens is 2. The summed E-state index contributed by atoms with van der Waals surface area (Å²) in [7, 11) is -3.79. The summed E-state index contributed by atoms with van der Waals surface area (Å²) >= 11 is 0. The minimum atomic E-state index is -3.79. The first-order valence-electron chi connectivity index (χ1n) is 17.1. The summed E-state index contributed by atoms with van der Waals surface area (Å²) in [5.41, 5.74) is 10.8. The second-order valence-corrected chi connectivity index (χ2v) is 14.8. The number of fused-ring (bicyclic) bond motifs is 6. The number of rotatable bonds is 5. The summed E-state index contributed by atoms with van der Waals surface area (Å²) in [4.78, 5) is 10.8. The molecule has 0 radical (unpaired) electrons. The van der Waals surface area contributed by atoms with Crippen LogP contribution in [-0.4, -0.2) is 18.4 Å². The molecule has 0 unspecified atom stereocenters. The topological polar surface area (TPSA) is 73.1 Å². The van der Waals surface area contributed by atoms with Gasteiger partial charge in [-0.1, -0.05) is 146 Å². The third-order valence-corrected chi connectivity index (χ3v) is 11.7. The number of hydrogen-bond acceptors (Lipinski definition) is 5. The highest BCUT2D eigenvalue weighted by Gasteiger charge is 2.36. The van der Waals surface area contributed by atoms with E-state index in [4.69, 9.17) is 14.4 Å². The lowest BCUT2D eigenvalue weighted by Gasteiger charge is -2.11. The van der Waals surface area contributed by atoms with Gasteiger partial charge in [0.15, 0.2) is 5.82 Å². The minimum absolute atomic E-state index is 0.250. The molecule has 52 heavy (non-hydrogen) atoms. The van der Waals surface area contributed by atoms with Gasteiger partial charge in [-0.05, 0) is 57.6 Å². The van der Waals surface area contributed by atoms with E-state index < -0.39 is 9.84 Å². The van der Waals surface area contributed by atoms with Crippen LogP contribution in [0.4, 0.5) is 0 Å².